The molecule has 4 heterocycles. The summed E-state index contributed by atoms with van der Waals surface area (Å²) in [7, 11) is 1.92. The molecule has 1 aliphatic heterocycles. The van der Waals surface area contributed by atoms with E-state index in [-0.39, 0.29) is 11.9 Å². The van der Waals surface area contributed by atoms with Crippen molar-refractivity contribution in [3.05, 3.63) is 77.2 Å². The van der Waals surface area contributed by atoms with E-state index in [9.17, 15) is 14.4 Å². The predicted octanol–water partition coefficient (Wildman–Crippen LogP) is 4.09. The van der Waals surface area contributed by atoms with Crippen molar-refractivity contribution in [1.29, 1.82) is 0 Å². The van der Waals surface area contributed by atoms with Gasteiger partial charge in [-0.25, -0.2) is 9.59 Å². The summed E-state index contributed by atoms with van der Waals surface area (Å²) in [6.07, 6.45) is 6.18. The largest absolute Gasteiger partial charge is 0.466 e. The Balaban J connectivity index is 1.61. The van der Waals surface area contributed by atoms with E-state index in [4.69, 9.17) is 9.47 Å². The molecular weight excluding hydrogens is 444 g/mol. The summed E-state index contributed by atoms with van der Waals surface area (Å²) in [5.74, 6) is -1.42. The van der Waals surface area contributed by atoms with Crippen LogP contribution in [0.3, 0.4) is 0 Å². The van der Waals surface area contributed by atoms with Crippen LogP contribution in [0.4, 0.5) is 0 Å². The van der Waals surface area contributed by atoms with E-state index >= 15 is 0 Å². The fourth-order valence-electron chi connectivity index (χ4n) is 5.61. The van der Waals surface area contributed by atoms with Crippen molar-refractivity contribution in [2.75, 3.05) is 6.61 Å². The molecule has 1 aliphatic carbocycles. The summed E-state index contributed by atoms with van der Waals surface area (Å²) < 4.78 is 14.6. The maximum atomic E-state index is 13.2. The van der Waals surface area contributed by atoms with Crippen LogP contribution in [0.5, 0.6) is 0 Å². The number of hydrogen-bond donors (Lipinski definition) is 0. The third-order valence-corrected chi connectivity index (χ3v) is 7.12. The number of pyridine rings is 1. The number of carbonyl (C=O) groups excluding carboxylic acids is 3. The Bertz CT molecular complexity index is 1590. The van der Waals surface area contributed by atoms with Crippen LogP contribution in [0, 0.1) is 5.92 Å². The quantitative estimate of drug-likeness (QED) is 0.333. The molecule has 7 nitrogen and oxygen atoms in total. The first-order valence-corrected chi connectivity index (χ1v) is 11.7. The van der Waals surface area contributed by atoms with Crippen LogP contribution in [0.15, 0.2) is 54.9 Å². The molecule has 176 valence electrons. The van der Waals surface area contributed by atoms with Gasteiger partial charge in [-0.3, -0.25) is 4.79 Å². The lowest BCUT2D eigenvalue weighted by molar-refractivity contribution is -0.149. The predicted molar refractivity (Wildman–Crippen MR) is 130 cm³/mol. The van der Waals surface area contributed by atoms with E-state index in [1.807, 2.05) is 66.5 Å². The van der Waals surface area contributed by atoms with Crippen LogP contribution in [0.25, 0.3) is 27.6 Å². The minimum absolute atomic E-state index is 0.136. The second-order valence-electron chi connectivity index (χ2n) is 9.27. The number of aromatic nitrogens is 2. The van der Waals surface area contributed by atoms with Gasteiger partial charge >= 0.3 is 17.9 Å². The third-order valence-electron chi connectivity index (χ3n) is 7.12. The normalized spacial score (nSPS) is 17.8. The van der Waals surface area contributed by atoms with Gasteiger partial charge < -0.3 is 18.4 Å². The number of aryl methyl sites for hydroxylation is 2. The second kappa shape index (κ2) is 7.98. The zero-order valence-electron chi connectivity index (χ0n) is 19.5. The number of cyclic esters (lactones) is 2. The molecular formula is C28H24N2O5. The Labute approximate surface area is 201 Å². The fraction of sp³-hybridized carbons (Fsp3) is 0.250. The number of carbonyl (C=O) groups is 3. The molecule has 2 aliphatic rings. The van der Waals surface area contributed by atoms with Crippen molar-refractivity contribution in [3.8, 4) is 0 Å². The molecule has 35 heavy (non-hydrogen) atoms. The van der Waals surface area contributed by atoms with Gasteiger partial charge in [0.25, 0.3) is 0 Å². The molecule has 0 spiro atoms. The topological polar surface area (TPSA) is 79.0 Å². The summed E-state index contributed by atoms with van der Waals surface area (Å²) in [5.41, 5.74) is 6.00. The SMILES string of the molecule is CC(=O)OCC1CCc2c(c(C3=C(c4cn(C)c5ccccc45)C(=O)OC3=O)c3ccccn23)C1. The van der Waals surface area contributed by atoms with Gasteiger partial charge in [-0.2, -0.15) is 0 Å². The summed E-state index contributed by atoms with van der Waals surface area (Å²) in [6, 6.07) is 13.7. The summed E-state index contributed by atoms with van der Waals surface area (Å²) >= 11 is 0. The molecule has 3 aromatic heterocycles. The van der Waals surface area contributed by atoms with Crippen LogP contribution in [-0.2, 0) is 43.7 Å². The molecule has 7 heteroatoms. The van der Waals surface area contributed by atoms with E-state index in [0.29, 0.717) is 29.7 Å². The van der Waals surface area contributed by atoms with Crippen LogP contribution in [0.1, 0.15) is 35.7 Å². The van der Waals surface area contributed by atoms with E-state index in [1.165, 1.54) is 6.92 Å². The second-order valence-corrected chi connectivity index (χ2v) is 9.27. The first-order valence-electron chi connectivity index (χ1n) is 11.7. The highest BCUT2D eigenvalue weighted by atomic mass is 16.6. The van der Waals surface area contributed by atoms with Crippen LogP contribution < -0.4 is 0 Å². The number of ether oxygens (including phenoxy) is 2. The number of para-hydroxylation sites is 1. The van der Waals surface area contributed by atoms with E-state index in [0.717, 1.165) is 46.1 Å². The maximum Gasteiger partial charge on any atom is 0.347 e. The van der Waals surface area contributed by atoms with E-state index < -0.39 is 11.9 Å². The van der Waals surface area contributed by atoms with Gasteiger partial charge in [0.1, 0.15) is 0 Å². The van der Waals surface area contributed by atoms with Crippen LogP contribution in [0.2, 0.25) is 0 Å². The Kier molecular flexibility index (Phi) is 4.88. The molecule has 0 N–H and O–H groups in total. The highest BCUT2D eigenvalue weighted by Gasteiger charge is 2.40. The van der Waals surface area contributed by atoms with Gasteiger partial charge in [0.2, 0.25) is 0 Å². The highest BCUT2D eigenvalue weighted by molar-refractivity contribution is 6.46. The van der Waals surface area contributed by atoms with E-state index in [2.05, 4.69) is 4.40 Å². The summed E-state index contributed by atoms with van der Waals surface area (Å²) in [5, 5.41) is 0.888. The Morgan fingerprint density at radius 3 is 2.63 bits per heavy atom. The monoisotopic (exact) mass is 468 g/mol. The zero-order chi connectivity index (χ0) is 24.3. The molecule has 1 atom stereocenters. The van der Waals surface area contributed by atoms with Gasteiger partial charge in [0, 0.05) is 54.1 Å². The van der Waals surface area contributed by atoms with Crippen molar-refractivity contribution in [2.24, 2.45) is 13.0 Å². The third kappa shape index (κ3) is 3.30. The number of hydrogen-bond acceptors (Lipinski definition) is 5. The summed E-state index contributed by atoms with van der Waals surface area (Å²) in [6.45, 7) is 1.74. The molecule has 4 aromatic rings. The smallest absolute Gasteiger partial charge is 0.347 e. The number of esters is 3. The van der Waals surface area contributed by atoms with Crippen LogP contribution in [-0.4, -0.2) is 33.5 Å². The average molecular weight is 469 g/mol. The van der Waals surface area contributed by atoms with Gasteiger partial charge in [-0.05, 0) is 48.9 Å². The highest BCUT2D eigenvalue weighted by Crippen LogP contribution is 2.43. The molecule has 1 unspecified atom stereocenters. The van der Waals surface area contributed by atoms with Crippen molar-refractivity contribution in [3.63, 3.8) is 0 Å². The van der Waals surface area contributed by atoms with Crippen molar-refractivity contribution >= 4 is 45.5 Å². The lowest BCUT2D eigenvalue weighted by Crippen LogP contribution is -2.21. The molecule has 6 rings (SSSR count). The van der Waals surface area contributed by atoms with Crippen molar-refractivity contribution < 1.29 is 23.9 Å². The molecule has 0 saturated carbocycles. The van der Waals surface area contributed by atoms with Crippen molar-refractivity contribution in [1.82, 2.24) is 8.97 Å². The lowest BCUT2D eigenvalue weighted by atomic mass is 9.83. The molecule has 0 bridgehead atoms. The van der Waals surface area contributed by atoms with E-state index in [1.54, 1.807) is 0 Å². The molecule has 0 saturated heterocycles. The fourth-order valence-corrected chi connectivity index (χ4v) is 5.61. The van der Waals surface area contributed by atoms with Gasteiger partial charge in [-0.15, -0.1) is 0 Å². The minimum atomic E-state index is -0.627. The summed E-state index contributed by atoms with van der Waals surface area (Å²) in [4.78, 5) is 37.8. The van der Waals surface area contributed by atoms with Gasteiger partial charge in [0.15, 0.2) is 0 Å². The molecule has 0 radical (unpaired) electrons. The van der Waals surface area contributed by atoms with Crippen molar-refractivity contribution in [2.45, 2.75) is 26.2 Å². The number of benzene rings is 1. The van der Waals surface area contributed by atoms with Crippen LogP contribution >= 0.6 is 0 Å². The molecule has 1 aromatic carbocycles. The Hall–Kier alpha value is -4.13. The zero-order valence-corrected chi connectivity index (χ0v) is 19.5. The maximum absolute atomic E-state index is 13.2. The lowest BCUT2D eigenvalue weighted by Gasteiger charge is -2.23. The Morgan fingerprint density at radius 1 is 1.06 bits per heavy atom. The molecule has 0 amide bonds. The minimum Gasteiger partial charge on any atom is -0.466 e. The molecule has 0 fully saturated rings. The number of fused-ring (bicyclic) bond motifs is 4. The number of nitrogens with zero attached hydrogens (tertiary/aromatic N) is 2. The standard InChI is InChI=1S/C28H24N2O5/c1-16(31)34-15-17-10-11-22-19(13-17)24(23-9-5-6-12-30(22)23)26-25(27(32)35-28(26)33)20-14-29(2)21-8-4-3-7-18(20)21/h3-9,12,14,17H,10-11,13,15H2,1-2H3. The number of rotatable bonds is 4. The average Bonchev–Trinajstić information content (AvgIpc) is 3.45. The first-order chi connectivity index (χ1) is 16.9. The Morgan fingerprint density at radius 2 is 1.80 bits per heavy atom. The van der Waals surface area contributed by atoms with Gasteiger partial charge in [-0.1, -0.05) is 24.3 Å². The first kappa shape index (κ1) is 21.4. The van der Waals surface area contributed by atoms with Gasteiger partial charge in [0.05, 0.1) is 23.3 Å².